The van der Waals surface area contributed by atoms with Crippen LogP contribution in [0.3, 0.4) is 0 Å². The number of Topliss-reactive ketones (excluding diaryl/α,β-unsaturated/α-hetero) is 1. The summed E-state index contributed by atoms with van der Waals surface area (Å²) < 4.78 is 5.09. The second kappa shape index (κ2) is 6.08. The molecule has 2 aromatic carbocycles. The van der Waals surface area contributed by atoms with Crippen molar-refractivity contribution < 1.29 is 9.21 Å². The number of hydrogen-bond donors (Lipinski definition) is 1. The lowest BCUT2D eigenvalue weighted by Gasteiger charge is -2.11. The molecule has 1 unspecified atom stereocenters. The fraction of sp³-hybridized carbons (Fsp3) is 0.111. The van der Waals surface area contributed by atoms with Crippen molar-refractivity contribution in [1.82, 2.24) is 10.2 Å². The number of rotatable bonds is 3. The Hall–Kier alpha value is -3.28. The van der Waals surface area contributed by atoms with Gasteiger partial charge in [0.15, 0.2) is 11.9 Å². The molecule has 1 atom stereocenters. The number of benzene rings is 2. The maximum absolute atomic E-state index is 12.6. The summed E-state index contributed by atoms with van der Waals surface area (Å²) in [5.74, 6) is -0.0495. The lowest BCUT2D eigenvalue weighted by atomic mass is 9.96. The van der Waals surface area contributed by atoms with Crippen LogP contribution in [-0.4, -0.2) is 27.9 Å². The zero-order valence-corrected chi connectivity index (χ0v) is 12.7. The monoisotopic (exact) mass is 318 g/mol. The van der Waals surface area contributed by atoms with Gasteiger partial charge < -0.3 is 9.73 Å². The highest BCUT2D eigenvalue weighted by molar-refractivity contribution is 6.16. The molecule has 3 aromatic rings. The molecule has 4 rings (SSSR count). The first kappa shape index (κ1) is 14.3. The Labute approximate surface area is 138 Å². The number of aromatic nitrogens is 2. The molecule has 0 radical (unpaired) electrons. The number of nitrogens with zero attached hydrogens (tertiary/aromatic N) is 3. The van der Waals surface area contributed by atoms with Gasteiger partial charge in [-0.3, -0.25) is 9.79 Å². The minimum atomic E-state index is -0.770. The van der Waals surface area contributed by atoms with Gasteiger partial charge in [0.05, 0.1) is 5.71 Å². The highest BCUT2D eigenvalue weighted by Gasteiger charge is 2.26. The maximum Gasteiger partial charge on any atom is 0.317 e. The predicted octanol–water partition coefficient (Wildman–Crippen LogP) is 2.47. The van der Waals surface area contributed by atoms with Gasteiger partial charge in [-0.2, -0.15) is 0 Å². The molecule has 0 spiro atoms. The van der Waals surface area contributed by atoms with Crippen LogP contribution >= 0.6 is 0 Å². The molecule has 2 heterocycles. The van der Waals surface area contributed by atoms with Gasteiger partial charge in [-0.1, -0.05) is 59.7 Å². The summed E-state index contributed by atoms with van der Waals surface area (Å²) in [5.41, 5.74) is 3.65. The number of anilines is 1. The van der Waals surface area contributed by atoms with Gasteiger partial charge in [-0.05, 0) is 5.56 Å². The maximum atomic E-state index is 12.6. The van der Waals surface area contributed by atoms with E-state index in [1.54, 1.807) is 0 Å². The van der Waals surface area contributed by atoms with Crippen LogP contribution in [0.4, 0.5) is 6.01 Å². The van der Waals surface area contributed by atoms with Crippen molar-refractivity contribution >= 4 is 17.5 Å². The van der Waals surface area contributed by atoms with Crippen LogP contribution in [0.15, 0.2) is 70.4 Å². The Balaban J connectivity index is 1.82. The van der Waals surface area contributed by atoms with E-state index in [0.717, 1.165) is 22.4 Å². The van der Waals surface area contributed by atoms with E-state index in [9.17, 15) is 4.79 Å². The standard InChI is InChI=1S/C18H14N4O2/c23-15-10-13-8-4-5-9-14(13)16(12-6-2-1-3-7-12)20-17(15)21-18-22-19-11-24-18/h1-9,11,17H,10H2,(H,21,22). The van der Waals surface area contributed by atoms with Crippen molar-refractivity contribution in [1.29, 1.82) is 0 Å². The molecule has 6 nitrogen and oxygen atoms in total. The van der Waals surface area contributed by atoms with Crippen molar-refractivity contribution in [3.8, 4) is 0 Å². The van der Waals surface area contributed by atoms with E-state index in [-0.39, 0.29) is 11.8 Å². The quantitative estimate of drug-likeness (QED) is 0.802. The van der Waals surface area contributed by atoms with Crippen LogP contribution in [0.5, 0.6) is 0 Å². The number of carbonyl (C=O) groups is 1. The third-order valence-corrected chi connectivity index (χ3v) is 3.87. The molecule has 0 bridgehead atoms. The summed E-state index contributed by atoms with van der Waals surface area (Å²) in [6, 6.07) is 17.8. The van der Waals surface area contributed by atoms with Crippen molar-refractivity contribution in [2.75, 3.05) is 5.32 Å². The van der Waals surface area contributed by atoms with Crippen molar-refractivity contribution in [3.63, 3.8) is 0 Å². The molecule has 1 aliphatic heterocycles. The Morgan fingerprint density at radius 2 is 1.83 bits per heavy atom. The zero-order valence-electron chi connectivity index (χ0n) is 12.7. The second-order valence-corrected chi connectivity index (χ2v) is 5.43. The molecule has 118 valence electrons. The van der Waals surface area contributed by atoms with E-state index in [1.807, 2.05) is 54.6 Å². The molecular weight excluding hydrogens is 304 g/mol. The molecule has 1 N–H and O–H groups in total. The Bertz CT molecular complexity index is 888. The van der Waals surface area contributed by atoms with Gasteiger partial charge in [0, 0.05) is 17.5 Å². The minimum absolute atomic E-state index is 0.0495. The molecule has 1 aromatic heterocycles. The second-order valence-electron chi connectivity index (χ2n) is 5.43. The highest BCUT2D eigenvalue weighted by Crippen LogP contribution is 2.22. The van der Waals surface area contributed by atoms with Crippen LogP contribution in [0.1, 0.15) is 16.7 Å². The molecule has 24 heavy (non-hydrogen) atoms. The molecule has 0 fully saturated rings. The third kappa shape index (κ3) is 2.69. The van der Waals surface area contributed by atoms with Crippen LogP contribution < -0.4 is 5.32 Å². The molecule has 0 amide bonds. The van der Waals surface area contributed by atoms with Crippen molar-refractivity contribution in [2.24, 2.45) is 4.99 Å². The van der Waals surface area contributed by atoms with Gasteiger partial charge in [0.2, 0.25) is 6.39 Å². The minimum Gasteiger partial charge on any atom is -0.411 e. The van der Waals surface area contributed by atoms with Crippen LogP contribution in [0, 0.1) is 0 Å². The average Bonchev–Trinajstić information content (AvgIpc) is 3.08. The number of carbonyl (C=O) groups excluding carboxylic acids is 1. The molecule has 6 heteroatoms. The first-order chi connectivity index (χ1) is 11.8. The van der Waals surface area contributed by atoms with Crippen molar-refractivity contribution in [3.05, 3.63) is 77.7 Å². The van der Waals surface area contributed by atoms with Crippen LogP contribution in [0.25, 0.3) is 0 Å². The van der Waals surface area contributed by atoms with Crippen LogP contribution in [-0.2, 0) is 11.2 Å². The topological polar surface area (TPSA) is 80.4 Å². The smallest absolute Gasteiger partial charge is 0.317 e. The highest BCUT2D eigenvalue weighted by atomic mass is 16.4. The molecule has 1 aliphatic rings. The summed E-state index contributed by atoms with van der Waals surface area (Å²) in [5, 5.41) is 10.3. The van der Waals surface area contributed by atoms with E-state index >= 15 is 0 Å². The number of hydrogen-bond acceptors (Lipinski definition) is 6. The average molecular weight is 318 g/mol. The lowest BCUT2D eigenvalue weighted by Crippen LogP contribution is -2.29. The summed E-state index contributed by atoms with van der Waals surface area (Å²) in [6.45, 7) is 0. The van der Waals surface area contributed by atoms with Gasteiger partial charge in [0.25, 0.3) is 0 Å². The first-order valence-corrected chi connectivity index (χ1v) is 7.58. The Morgan fingerprint density at radius 1 is 1.04 bits per heavy atom. The summed E-state index contributed by atoms with van der Waals surface area (Å²) in [4.78, 5) is 17.3. The number of aliphatic imine (C=N–C) groups is 1. The number of ketones is 1. The Kier molecular flexibility index (Phi) is 3.63. The first-order valence-electron chi connectivity index (χ1n) is 7.58. The molecular formula is C18H14N4O2. The summed E-state index contributed by atoms with van der Waals surface area (Å²) in [6.07, 6.45) is 0.732. The normalized spacial score (nSPS) is 16.9. The zero-order chi connectivity index (χ0) is 16.4. The third-order valence-electron chi connectivity index (χ3n) is 3.87. The number of fused-ring (bicyclic) bond motifs is 1. The van der Waals surface area contributed by atoms with Crippen molar-refractivity contribution in [2.45, 2.75) is 12.6 Å². The fourth-order valence-electron chi connectivity index (χ4n) is 2.75. The SMILES string of the molecule is O=C1Cc2ccccc2C(c2ccccc2)=NC1Nc1nnco1. The van der Waals surface area contributed by atoms with Gasteiger partial charge in [-0.15, -0.1) is 5.10 Å². The fourth-order valence-corrected chi connectivity index (χ4v) is 2.75. The largest absolute Gasteiger partial charge is 0.411 e. The molecule has 0 saturated heterocycles. The molecule has 0 saturated carbocycles. The van der Waals surface area contributed by atoms with E-state index in [4.69, 9.17) is 4.42 Å². The summed E-state index contributed by atoms with van der Waals surface area (Å²) >= 11 is 0. The lowest BCUT2D eigenvalue weighted by molar-refractivity contribution is -0.119. The van der Waals surface area contributed by atoms with E-state index < -0.39 is 6.17 Å². The Morgan fingerprint density at radius 3 is 2.62 bits per heavy atom. The van der Waals surface area contributed by atoms with Crippen LogP contribution in [0.2, 0.25) is 0 Å². The van der Waals surface area contributed by atoms with Gasteiger partial charge in [0.1, 0.15) is 0 Å². The van der Waals surface area contributed by atoms with E-state index in [2.05, 4.69) is 20.5 Å². The van der Waals surface area contributed by atoms with Gasteiger partial charge in [-0.25, -0.2) is 0 Å². The molecule has 0 aliphatic carbocycles. The van der Waals surface area contributed by atoms with E-state index in [0.29, 0.717) is 6.42 Å². The summed E-state index contributed by atoms with van der Waals surface area (Å²) in [7, 11) is 0. The predicted molar refractivity (Wildman–Crippen MR) is 88.9 cm³/mol. The number of nitrogens with one attached hydrogen (secondary N) is 1. The van der Waals surface area contributed by atoms with Gasteiger partial charge >= 0.3 is 6.01 Å². The van der Waals surface area contributed by atoms with E-state index in [1.165, 1.54) is 6.39 Å².